The van der Waals surface area contributed by atoms with E-state index in [-0.39, 0.29) is 0 Å². The van der Waals surface area contributed by atoms with Crippen LogP contribution >= 0.6 is 15.9 Å². The van der Waals surface area contributed by atoms with Gasteiger partial charge >= 0.3 is 0 Å². The predicted molar refractivity (Wildman–Crippen MR) is 74.8 cm³/mol. The average molecular weight is 311 g/mol. The van der Waals surface area contributed by atoms with E-state index in [4.69, 9.17) is 5.73 Å². The molecule has 2 aromatic rings. The van der Waals surface area contributed by atoms with Crippen LogP contribution in [0, 0.1) is 0 Å². The molecule has 2 aromatic heterocycles. The largest absolute Gasteiger partial charge is 0.383 e. The number of aromatic nitrogens is 4. The number of anilines is 2. The zero-order valence-electron chi connectivity index (χ0n) is 10.3. The van der Waals surface area contributed by atoms with Crippen LogP contribution in [0.25, 0.3) is 5.95 Å². The molecule has 96 valence electrons. The Morgan fingerprint density at radius 3 is 2.61 bits per heavy atom. The summed E-state index contributed by atoms with van der Waals surface area (Å²) in [5.41, 5.74) is 5.91. The molecule has 18 heavy (non-hydrogen) atoms. The predicted octanol–water partition coefficient (Wildman–Crippen LogP) is 1.85. The summed E-state index contributed by atoms with van der Waals surface area (Å²) in [5, 5.41) is 4.11. The summed E-state index contributed by atoms with van der Waals surface area (Å²) in [6.07, 6.45) is 3.47. The van der Waals surface area contributed by atoms with Gasteiger partial charge in [-0.1, -0.05) is 0 Å². The molecule has 2 heterocycles. The molecule has 0 bridgehead atoms. The molecule has 0 radical (unpaired) electrons. The molecule has 0 saturated carbocycles. The quantitative estimate of drug-likeness (QED) is 0.933. The van der Waals surface area contributed by atoms with Gasteiger partial charge in [-0.3, -0.25) is 0 Å². The number of halogens is 1. The molecule has 0 fully saturated rings. The van der Waals surface area contributed by atoms with Gasteiger partial charge < -0.3 is 10.6 Å². The molecule has 0 saturated heterocycles. The fraction of sp³-hybridized carbons (Fsp3) is 0.364. The third-order valence-corrected chi connectivity index (χ3v) is 3.38. The van der Waals surface area contributed by atoms with E-state index in [0.717, 1.165) is 23.4 Å². The molecule has 0 aliphatic carbocycles. The van der Waals surface area contributed by atoms with Crippen LogP contribution < -0.4 is 10.6 Å². The zero-order chi connectivity index (χ0) is 13.1. The van der Waals surface area contributed by atoms with Crippen molar-refractivity contribution in [3.05, 3.63) is 22.9 Å². The summed E-state index contributed by atoms with van der Waals surface area (Å²) in [6.45, 7) is 5.85. The Balaban J connectivity index is 2.52. The van der Waals surface area contributed by atoms with E-state index < -0.39 is 0 Å². The molecule has 0 aromatic carbocycles. The van der Waals surface area contributed by atoms with Crippen LogP contribution in [0.4, 0.5) is 11.6 Å². The Morgan fingerprint density at radius 1 is 1.33 bits per heavy atom. The minimum atomic E-state index is 0.414. The third-order valence-electron chi connectivity index (χ3n) is 2.62. The minimum Gasteiger partial charge on any atom is -0.383 e. The average Bonchev–Trinajstić information content (AvgIpc) is 2.89. The molecule has 2 rings (SSSR count). The van der Waals surface area contributed by atoms with E-state index in [1.54, 1.807) is 17.1 Å². The maximum atomic E-state index is 5.91. The second-order valence-corrected chi connectivity index (χ2v) is 4.46. The van der Waals surface area contributed by atoms with E-state index in [0.29, 0.717) is 11.8 Å². The van der Waals surface area contributed by atoms with E-state index in [2.05, 4.69) is 49.7 Å². The first-order chi connectivity index (χ1) is 8.67. The first-order valence-corrected chi connectivity index (χ1v) is 6.54. The molecule has 6 nitrogen and oxygen atoms in total. The zero-order valence-corrected chi connectivity index (χ0v) is 11.9. The van der Waals surface area contributed by atoms with Gasteiger partial charge in [0.2, 0.25) is 0 Å². The summed E-state index contributed by atoms with van der Waals surface area (Å²) >= 11 is 3.44. The summed E-state index contributed by atoms with van der Waals surface area (Å²) in [5.74, 6) is 1.68. The lowest BCUT2D eigenvalue weighted by Gasteiger charge is -2.22. The molecular weight excluding hydrogens is 296 g/mol. The second-order valence-electron chi connectivity index (χ2n) is 3.67. The van der Waals surface area contributed by atoms with Crippen molar-refractivity contribution in [2.24, 2.45) is 0 Å². The summed E-state index contributed by atoms with van der Waals surface area (Å²) < 4.78 is 2.32. The number of hydrogen-bond acceptors (Lipinski definition) is 5. The highest BCUT2D eigenvalue weighted by Crippen LogP contribution is 2.29. The summed E-state index contributed by atoms with van der Waals surface area (Å²) in [6, 6.07) is 1.82. The number of nitrogens with two attached hydrogens (primary N) is 1. The van der Waals surface area contributed by atoms with Crippen LogP contribution in [0.3, 0.4) is 0 Å². The van der Waals surface area contributed by atoms with Gasteiger partial charge in [0.1, 0.15) is 10.3 Å². The van der Waals surface area contributed by atoms with E-state index in [1.807, 2.05) is 6.07 Å². The first kappa shape index (κ1) is 12.8. The number of nitrogens with zero attached hydrogens (tertiary/aromatic N) is 5. The van der Waals surface area contributed by atoms with Crippen LogP contribution in [0.1, 0.15) is 13.8 Å². The fourth-order valence-electron chi connectivity index (χ4n) is 1.66. The van der Waals surface area contributed by atoms with E-state index in [1.165, 1.54) is 0 Å². The molecule has 0 amide bonds. The Labute approximate surface area is 114 Å². The van der Waals surface area contributed by atoms with Gasteiger partial charge in [-0.25, -0.2) is 4.68 Å². The highest BCUT2D eigenvalue weighted by atomic mass is 79.9. The number of hydrogen-bond donors (Lipinski definition) is 1. The lowest BCUT2D eigenvalue weighted by atomic mass is 10.4. The minimum absolute atomic E-state index is 0.414. The monoisotopic (exact) mass is 310 g/mol. The molecule has 7 heteroatoms. The maximum absolute atomic E-state index is 5.91. The molecular formula is C11H15BrN6. The SMILES string of the molecule is CCN(CC)c1nc(-n2cccn2)nc(N)c1Br. The lowest BCUT2D eigenvalue weighted by Crippen LogP contribution is -2.24. The molecule has 2 N–H and O–H groups in total. The lowest BCUT2D eigenvalue weighted by molar-refractivity contribution is 0.783. The maximum Gasteiger partial charge on any atom is 0.254 e. The number of nitrogen functional groups attached to an aromatic ring is 1. The van der Waals surface area contributed by atoms with Gasteiger partial charge in [0, 0.05) is 25.5 Å². The molecule has 0 spiro atoms. The van der Waals surface area contributed by atoms with Crippen molar-refractivity contribution in [1.29, 1.82) is 0 Å². The summed E-state index contributed by atoms with van der Waals surface area (Å²) in [7, 11) is 0. The van der Waals surface area contributed by atoms with Crippen molar-refractivity contribution in [3.63, 3.8) is 0 Å². The number of rotatable bonds is 4. The van der Waals surface area contributed by atoms with Crippen LogP contribution in [-0.4, -0.2) is 32.8 Å². The molecule has 0 aliphatic heterocycles. The van der Waals surface area contributed by atoms with Crippen LogP contribution in [-0.2, 0) is 0 Å². The standard InChI is InChI=1S/C11H15BrN6/c1-3-17(4-2)10-8(12)9(13)15-11(16-10)18-7-5-6-14-18/h5-7H,3-4H2,1-2H3,(H2,13,15,16). The van der Waals surface area contributed by atoms with Gasteiger partial charge in [-0.2, -0.15) is 15.1 Å². The van der Waals surface area contributed by atoms with Crippen LogP contribution in [0.2, 0.25) is 0 Å². The highest BCUT2D eigenvalue weighted by molar-refractivity contribution is 9.10. The second kappa shape index (κ2) is 5.34. The summed E-state index contributed by atoms with van der Waals surface area (Å²) in [4.78, 5) is 10.8. The van der Waals surface area contributed by atoms with Gasteiger partial charge in [-0.05, 0) is 35.8 Å². The Morgan fingerprint density at radius 2 is 2.06 bits per heavy atom. The van der Waals surface area contributed by atoms with Crippen LogP contribution in [0.15, 0.2) is 22.9 Å². The molecule has 0 unspecified atom stereocenters. The normalized spacial score (nSPS) is 10.6. The van der Waals surface area contributed by atoms with Crippen molar-refractivity contribution in [3.8, 4) is 5.95 Å². The van der Waals surface area contributed by atoms with Crippen molar-refractivity contribution in [2.45, 2.75) is 13.8 Å². The van der Waals surface area contributed by atoms with Gasteiger partial charge in [0.05, 0.1) is 0 Å². The van der Waals surface area contributed by atoms with Crippen molar-refractivity contribution in [2.75, 3.05) is 23.7 Å². The van der Waals surface area contributed by atoms with E-state index in [9.17, 15) is 0 Å². The van der Waals surface area contributed by atoms with Gasteiger partial charge in [-0.15, -0.1) is 0 Å². The Bertz CT molecular complexity index is 521. The molecule has 0 atom stereocenters. The topological polar surface area (TPSA) is 72.9 Å². The van der Waals surface area contributed by atoms with Gasteiger partial charge in [0.25, 0.3) is 5.95 Å². The Kier molecular flexibility index (Phi) is 3.81. The van der Waals surface area contributed by atoms with Crippen molar-refractivity contribution < 1.29 is 0 Å². The van der Waals surface area contributed by atoms with Gasteiger partial charge in [0.15, 0.2) is 5.82 Å². The highest BCUT2D eigenvalue weighted by Gasteiger charge is 2.15. The van der Waals surface area contributed by atoms with E-state index >= 15 is 0 Å². The first-order valence-electron chi connectivity index (χ1n) is 5.75. The van der Waals surface area contributed by atoms with Crippen LogP contribution in [0.5, 0.6) is 0 Å². The molecule has 0 aliphatic rings. The fourth-order valence-corrected chi connectivity index (χ4v) is 2.09. The van der Waals surface area contributed by atoms with Crippen molar-refractivity contribution >= 4 is 27.6 Å². The Hall–Kier alpha value is -1.63. The third kappa shape index (κ3) is 2.31. The van der Waals surface area contributed by atoms with Crippen molar-refractivity contribution in [1.82, 2.24) is 19.7 Å². The smallest absolute Gasteiger partial charge is 0.254 e.